The minimum atomic E-state index is 0.0468. The Balaban J connectivity index is 2.69. The molecule has 0 unspecified atom stereocenters. The van der Waals surface area contributed by atoms with Crippen molar-refractivity contribution in [1.82, 2.24) is 4.90 Å². The molecule has 0 aliphatic carbocycles. The quantitative estimate of drug-likeness (QED) is 0.613. The number of hydrogen-bond donors (Lipinski definition) is 0. The topological polar surface area (TPSA) is 20.3 Å². The Kier molecular flexibility index (Phi) is 3.43. The van der Waals surface area contributed by atoms with Crippen molar-refractivity contribution in [2.45, 2.75) is 31.8 Å². The lowest BCUT2D eigenvalue weighted by Crippen LogP contribution is -2.36. The van der Waals surface area contributed by atoms with Crippen molar-refractivity contribution in [3.8, 4) is 0 Å². The summed E-state index contributed by atoms with van der Waals surface area (Å²) in [5.41, 5.74) is 0. The van der Waals surface area contributed by atoms with Gasteiger partial charge in [0.1, 0.15) is 0 Å². The Hall–Kier alpha value is -0.890. The Labute approximate surface area is 79.9 Å². The molecule has 0 saturated carbocycles. The van der Waals surface area contributed by atoms with Crippen molar-refractivity contribution in [2.24, 2.45) is 0 Å². The van der Waals surface area contributed by atoms with Gasteiger partial charge in [0.2, 0.25) is 0 Å². The molecule has 0 radical (unpaired) electrons. The first kappa shape index (κ1) is 10.2. The van der Waals surface area contributed by atoms with Gasteiger partial charge in [-0.2, -0.15) is 0 Å². The van der Waals surface area contributed by atoms with Gasteiger partial charge in [0.15, 0.2) is 5.78 Å². The summed E-state index contributed by atoms with van der Waals surface area (Å²) in [5, 5.41) is 0. The summed E-state index contributed by atoms with van der Waals surface area (Å²) in [4.78, 5) is 13.7. The van der Waals surface area contributed by atoms with E-state index < -0.39 is 0 Å². The summed E-state index contributed by atoms with van der Waals surface area (Å²) in [5.74, 6) is 0.342. The highest BCUT2D eigenvalue weighted by molar-refractivity contribution is 5.86. The van der Waals surface area contributed by atoms with E-state index in [4.69, 9.17) is 0 Å². The molecule has 0 aromatic carbocycles. The van der Waals surface area contributed by atoms with Gasteiger partial charge in [-0.3, -0.25) is 9.69 Å². The van der Waals surface area contributed by atoms with Crippen molar-refractivity contribution < 1.29 is 4.79 Å². The molecule has 1 saturated heterocycles. The molecule has 2 heteroatoms. The summed E-state index contributed by atoms with van der Waals surface area (Å²) in [6.07, 6.45) is 5.10. The van der Waals surface area contributed by atoms with Crippen LogP contribution in [0.5, 0.6) is 0 Å². The molecule has 72 valence electrons. The lowest BCUT2D eigenvalue weighted by molar-refractivity contribution is -0.119. The first-order chi connectivity index (χ1) is 6.20. The molecule has 13 heavy (non-hydrogen) atoms. The maximum absolute atomic E-state index is 11.5. The molecule has 1 fully saturated rings. The zero-order valence-corrected chi connectivity index (χ0v) is 8.20. The fourth-order valence-corrected chi connectivity index (χ4v) is 1.92. The lowest BCUT2D eigenvalue weighted by atomic mass is 10.1. The molecule has 0 bridgehead atoms. The molecule has 0 N–H and O–H groups in total. The van der Waals surface area contributed by atoms with Crippen LogP contribution in [-0.4, -0.2) is 29.3 Å². The number of carbonyl (C=O) groups is 1. The summed E-state index contributed by atoms with van der Waals surface area (Å²) in [6.45, 7) is 10.3. The van der Waals surface area contributed by atoms with E-state index in [9.17, 15) is 4.79 Å². The molecule has 0 spiro atoms. The van der Waals surface area contributed by atoms with Gasteiger partial charge < -0.3 is 0 Å². The second kappa shape index (κ2) is 4.38. The maximum Gasteiger partial charge on any atom is 0.151 e. The van der Waals surface area contributed by atoms with Crippen LogP contribution in [0.2, 0.25) is 0 Å². The van der Waals surface area contributed by atoms with Crippen molar-refractivity contribution >= 4 is 5.78 Å². The number of Topliss-reactive ketones (excluding diaryl/α,β-unsaturated/α-hetero) is 1. The number of ketones is 1. The van der Waals surface area contributed by atoms with Crippen LogP contribution in [0.15, 0.2) is 25.3 Å². The molecule has 1 heterocycles. The zero-order valence-electron chi connectivity index (χ0n) is 8.20. The maximum atomic E-state index is 11.5. The van der Waals surface area contributed by atoms with Crippen LogP contribution in [0.3, 0.4) is 0 Å². The zero-order chi connectivity index (χ0) is 9.84. The van der Waals surface area contributed by atoms with E-state index in [1.807, 2.05) is 12.2 Å². The molecule has 2 nitrogen and oxygen atoms in total. The highest BCUT2D eigenvalue weighted by Crippen LogP contribution is 2.22. The van der Waals surface area contributed by atoms with Crippen molar-refractivity contribution in [3.63, 3.8) is 0 Å². The van der Waals surface area contributed by atoms with Gasteiger partial charge >= 0.3 is 0 Å². The third-order valence-corrected chi connectivity index (χ3v) is 2.56. The Morgan fingerprint density at radius 1 is 1.54 bits per heavy atom. The van der Waals surface area contributed by atoms with Gasteiger partial charge in [0.25, 0.3) is 0 Å². The fourth-order valence-electron chi connectivity index (χ4n) is 1.92. The fraction of sp³-hybridized carbons (Fsp3) is 0.545. The molecule has 0 aromatic rings. The summed E-state index contributed by atoms with van der Waals surface area (Å²) < 4.78 is 0. The minimum absolute atomic E-state index is 0.0468. The van der Waals surface area contributed by atoms with Crippen molar-refractivity contribution in [2.75, 3.05) is 6.54 Å². The average molecular weight is 179 g/mol. The van der Waals surface area contributed by atoms with E-state index in [1.54, 1.807) is 0 Å². The van der Waals surface area contributed by atoms with Crippen LogP contribution >= 0.6 is 0 Å². The highest BCUT2D eigenvalue weighted by atomic mass is 16.1. The standard InChI is InChI=1S/C11H17NO/c1-4-6-10-11(13)8-9(3)12(10)7-5-2/h4-5,9-10H,1-2,6-8H2,3H3/t9-,10+/m0/s1. The van der Waals surface area contributed by atoms with Crippen LogP contribution in [0.1, 0.15) is 19.8 Å². The van der Waals surface area contributed by atoms with Gasteiger partial charge in [-0.05, 0) is 13.3 Å². The molecule has 0 aromatic heterocycles. The predicted octanol–water partition coefficient (Wildman–Crippen LogP) is 1.78. The molecule has 1 aliphatic heterocycles. The Morgan fingerprint density at radius 2 is 2.23 bits per heavy atom. The number of carbonyl (C=O) groups excluding carboxylic acids is 1. The van der Waals surface area contributed by atoms with Gasteiger partial charge in [0, 0.05) is 19.0 Å². The summed E-state index contributed by atoms with van der Waals surface area (Å²) in [7, 11) is 0. The van der Waals surface area contributed by atoms with E-state index in [2.05, 4.69) is 25.0 Å². The largest absolute Gasteiger partial charge is 0.298 e. The van der Waals surface area contributed by atoms with Gasteiger partial charge in [-0.15, -0.1) is 13.2 Å². The second-order valence-electron chi connectivity index (χ2n) is 3.55. The number of hydrogen-bond acceptors (Lipinski definition) is 2. The summed E-state index contributed by atoms with van der Waals surface area (Å²) in [6, 6.07) is 0.404. The van der Waals surface area contributed by atoms with E-state index in [0.717, 1.165) is 13.0 Å². The van der Waals surface area contributed by atoms with Crippen LogP contribution in [0.25, 0.3) is 0 Å². The first-order valence-corrected chi connectivity index (χ1v) is 4.71. The number of likely N-dealkylation sites (tertiary alicyclic amines) is 1. The molecular formula is C11H17NO. The Morgan fingerprint density at radius 3 is 2.77 bits per heavy atom. The smallest absolute Gasteiger partial charge is 0.151 e. The van der Waals surface area contributed by atoms with E-state index >= 15 is 0 Å². The van der Waals surface area contributed by atoms with E-state index in [1.165, 1.54) is 0 Å². The van der Waals surface area contributed by atoms with Crippen LogP contribution in [0, 0.1) is 0 Å². The SMILES string of the molecule is C=CC[C@@H]1C(=O)C[C@H](C)N1CC=C. The number of rotatable bonds is 4. The average Bonchev–Trinajstić information content (AvgIpc) is 2.33. The third kappa shape index (κ3) is 2.07. The molecule has 1 rings (SSSR count). The van der Waals surface area contributed by atoms with Crippen molar-refractivity contribution in [1.29, 1.82) is 0 Å². The van der Waals surface area contributed by atoms with Gasteiger partial charge in [0.05, 0.1) is 6.04 Å². The normalized spacial score (nSPS) is 29.2. The predicted molar refractivity (Wildman–Crippen MR) is 54.6 cm³/mol. The first-order valence-electron chi connectivity index (χ1n) is 4.71. The highest BCUT2D eigenvalue weighted by Gasteiger charge is 2.35. The van der Waals surface area contributed by atoms with Gasteiger partial charge in [-0.25, -0.2) is 0 Å². The molecule has 2 atom stereocenters. The van der Waals surface area contributed by atoms with Crippen LogP contribution < -0.4 is 0 Å². The minimum Gasteiger partial charge on any atom is -0.298 e. The monoisotopic (exact) mass is 179 g/mol. The second-order valence-corrected chi connectivity index (χ2v) is 3.55. The van der Waals surface area contributed by atoms with E-state index in [-0.39, 0.29) is 6.04 Å². The molecule has 0 amide bonds. The van der Waals surface area contributed by atoms with Crippen molar-refractivity contribution in [3.05, 3.63) is 25.3 Å². The lowest BCUT2D eigenvalue weighted by Gasteiger charge is -2.24. The third-order valence-electron chi connectivity index (χ3n) is 2.56. The van der Waals surface area contributed by atoms with Crippen LogP contribution in [-0.2, 0) is 4.79 Å². The van der Waals surface area contributed by atoms with E-state index in [0.29, 0.717) is 18.2 Å². The van der Waals surface area contributed by atoms with Gasteiger partial charge in [-0.1, -0.05) is 12.2 Å². The molecular weight excluding hydrogens is 162 g/mol. The molecule has 1 aliphatic rings. The van der Waals surface area contributed by atoms with Crippen LogP contribution in [0.4, 0.5) is 0 Å². The summed E-state index contributed by atoms with van der Waals surface area (Å²) >= 11 is 0. The Bertz CT molecular complexity index is 222. The number of nitrogens with zero attached hydrogens (tertiary/aromatic N) is 1.